The molecule has 3 aromatic heterocycles. The molecule has 0 radical (unpaired) electrons. The number of hydrogen-bond donors (Lipinski definition) is 2. The molecule has 1 aliphatic rings. The number of nitrogens with zero attached hydrogens (tertiary/aromatic N) is 3. The lowest BCUT2D eigenvalue weighted by Gasteiger charge is -2.28. The fourth-order valence-corrected chi connectivity index (χ4v) is 6.00. The van der Waals surface area contributed by atoms with Crippen molar-refractivity contribution in [2.45, 2.75) is 51.5 Å². The number of methoxy groups -OCH3 is 1. The minimum atomic E-state index is -0.477. The van der Waals surface area contributed by atoms with E-state index in [0.717, 1.165) is 59.1 Å². The number of nitrogens with one attached hydrogen (secondary N) is 2. The van der Waals surface area contributed by atoms with E-state index in [4.69, 9.17) is 21.4 Å². The number of hydrogen-bond acceptors (Lipinski definition) is 4. The van der Waals surface area contributed by atoms with E-state index in [1.165, 1.54) is 6.07 Å². The molecule has 4 aromatic rings. The van der Waals surface area contributed by atoms with Crippen molar-refractivity contribution >= 4 is 28.5 Å². The molecule has 3 heterocycles. The lowest BCUT2D eigenvalue weighted by atomic mass is 9.85. The Bertz CT molecular complexity index is 1450. The Morgan fingerprint density at radius 2 is 2.03 bits per heavy atom. The summed E-state index contributed by atoms with van der Waals surface area (Å²) in [5.74, 6) is 0.0473. The molecule has 1 unspecified atom stereocenters. The third kappa shape index (κ3) is 4.48. The lowest BCUT2D eigenvalue weighted by molar-refractivity contribution is -0.125. The first-order valence-electron chi connectivity index (χ1n) is 12.6. The van der Waals surface area contributed by atoms with Gasteiger partial charge in [-0.15, -0.1) is 0 Å². The highest BCUT2D eigenvalue weighted by molar-refractivity contribution is 6.31. The number of fused-ring (bicyclic) bond motifs is 1. The number of H-pyrrole nitrogens is 1. The second kappa shape index (κ2) is 10.2. The molecule has 0 spiro atoms. The molecule has 1 atom stereocenters. The van der Waals surface area contributed by atoms with Crippen molar-refractivity contribution in [2.24, 2.45) is 5.92 Å². The number of pyridine rings is 1. The molecule has 1 saturated carbocycles. The number of ether oxygens (including phenoxy) is 1. The first-order chi connectivity index (χ1) is 17.8. The molecule has 37 heavy (non-hydrogen) atoms. The number of aromatic amines is 1. The van der Waals surface area contributed by atoms with E-state index in [1.807, 2.05) is 25.5 Å². The molecule has 2 N–H and O–H groups in total. The Morgan fingerprint density at radius 3 is 2.73 bits per heavy atom. The van der Waals surface area contributed by atoms with Gasteiger partial charge in [0.1, 0.15) is 17.2 Å². The van der Waals surface area contributed by atoms with Crippen molar-refractivity contribution in [1.82, 2.24) is 25.1 Å². The van der Waals surface area contributed by atoms with Crippen LogP contribution in [0.25, 0.3) is 22.2 Å². The summed E-state index contributed by atoms with van der Waals surface area (Å²) >= 11 is 6.39. The number of rotatable bonds is 6. The van der Waals surface area contributed by atoms with Gasteiger partial charge >= 0.3 is 0 Å². The molecule has 5 rings (SSSR count). The summed E-state index contributed by atoms with van der Waals surface area (Å²) in [5.41, 5.74) is 5.35. The molecule has 0 aliphatic heterocycles. The monoisotopic (exact) mass is 523 g/mol. The van der Waals surface area contributed by atoms with Crippen molar-refractivity contribution in [1.29, 1.82) is 0 Å². The van der Waals surface area contributed by atoms with Crippen LogP contribution < -0.4 is 10.1 Å². The van der Waals surface area contributed by atoms with Crippen molar-refractivity contribution in [2.75, 3.05) is 14.2 Å². The maximum atomic E-state index is 14.3. The van der Waals surface area contributed by atoms with Crippen molar-refractivity contribution in [3.05, 3.63) is 64.5 Å². The van der Waals surface area contributed by atoms with Crippen LogP contribution in [0.4, 0.5) is 4.39 Å². The van der Waals surface area contributed by atoms with Crippen molar-refractivity contribution in [3.8, 4) is 16.9 Å². The zero-order valence-electron chi connectivity index (χ0n) is 21.4. The highest BCUT2D eigenvalue weighted by Gasteiger charge is 2.28. The van der Waals surface area contributed by atoms with Crippen LogP contribution in [0.1, 0.15) is 61.4 Å². The van der Waals surface area contributed by atoms with Crippen LogP contribution in [0.2, 0.25) is 5.02 Å². The van der Waals surface area contributed by atoms with Gasteiger partial charge in [-0.3, -0.25) is 9.48 Å². The molecule has 7 nitrogen and oxygen atoms in total. The van der Waals surface area contributed by atoms with E-state index in [1.54, 1.807) is 20.2 Å². The van der Waals surface area contributed by atoms with E-state index < -0.39 is 5.82 Å². The van der Waals surface area contributed by atoms with Gasteiger partial charge in [0.15, 0.2) is 0 Å². The number of benzene rings is 1. The molecule has 0 saturated heterocycles. The molecule has 1 aliphatic carbocycles. The zero-order valence-corrected chi connectivity index (χ0v) is 22.2. The van der Waals surface area contributed by atoms with Gasteiger partial charge < -0.3 is 15.0 Å². The van der Waals surface area contributed by atoms with E-state index in [9.17, 15) is 9.18 Å². The van der Waals surface area contributed by atoms with Gasteiger partial charge in [0.25, 0.3) is 0 Å². The maximum Gasteiger partial charge on any atom is 0.222 e. The molecule has 1 amide bonds. The van der Waals surface area contributed by atoms with Gasteiger partial charge in [-0.2, -0.15) is 5.10 Å². The third-order valence-corrected chi connectivity index (χ3v) is 8.17. The van der Waals surface area contributed by atoms with Crippen LogP contribution in [0.15, 0.2) is 36.8 Å². The molecule has 194 valence electrons. The van der Waals surface area contributed by atoms with Crippen molar-refractivity contribution in [3.63, 3.8) is 0 Å². The molecule has 1 fully saturated rings. The topological polar surface area (TPSA) is 84.8 Å². The van der Waals surface area contributed by atoms with Crippen LogP contribution in [0.5, 0.6) is 5.75 Å². The number of halogens is 2. The molecular weight excluding hydrogens is 493 g/mol. The number of carbonyl (C=O) groups is 1. The Balaban J connectivity index is 1.47. The van der Waals surface area contributed by atoms with Gasteiger partial charge in [0.05, 0.1) is 24.4 Å². The summed E-state index contributed by atoms with van der Waals surface area (Å²) in [6, 6.07) is 5.29. The quantitative estimate of drug-likeness (QED) is 0.317. The average Bonchev–Trinajstić information content (AvgIpc) is 3.52. The van der Waals surface area contributed by atoms with Crippen LogP contribution in [0, 0.1) is 18.7 Å². The molecular formula is C28H31ClFN5O2. The van der Waals surface area contributed by atoms with E-state index in [-0.39, 0.29) is 28.8 Å². The van der Waals surface area contributed by atoms with E-state index in [2.05, 4.69) is 33.0 Å². The second-order valence-corrected chi connectivity index (χ2v) is 10.1. The zero-order chi connectivity index (χ0) is 26.3. The summed E-state index contributed by atoms with van der Waals surface area (Å²) in [6.07, 6.45) is 9.21. The minimum Gasteiger partial charge on any atom is -0.496 e. The number of aromatic nitrogens is 4. The summed E-state index contributed by atoms with van der Waals surface area (Å²) in [7, 11) is 3.25. The highest BCUT2D eigenvalue weighted by Crippen LogP contribution is 2.41. The predicted octanol–water partition coefficient (Wildman–Crippen LogP) is 6.17. The molecule has 9 heteroatoms. The van der Waals surface area contributed by atoms with Crippen LogP contribution >= 0.6 is 11.6 Å². The summed E-state index contributed by atoms with van der Waals surface area (Å²) in [4.78, 5) is 19.9. The SMILES string of the molecule is CNC(=O)C1CCC(n2ncc(-c3cnc4[nH]cc(C(C)c5c(OC)ccc(F)c5Cl)c4c3)c2C)CC1. The van der Waals surface area contributed by atoms with Crippen molar-refractivity contribution < 1.29 is 13.9 Å². The van der Waals surface area contributed by atoms with E-state index in [0.29, 0.717) is 11.3 Å². The normalized spacial score (nSPS) is 18.6. The minimum absolute atomic E-state index is 0.0635. The van der Waals surface area contributed by atoms with Crippen LogP contribution in [0.3, 0.4) is 0 Å². The van der Waals surface area contributed by atoms with Gasteiger partial charge in [-0.1, -0.05) is 18.5 Å². The summed E-state index contributed by atoms with van der Waals surface area (Å²) < 4.78 is 21.9. The molecule has 0 bridgehead atoms. The van der Waals surface area contributed by atoms with Gasteiger partial charge in [-0.05, 0) is 56.4 Å². The fraction of sp³-hybridized carbons (Fsp3) is 0.393. The predicted molar refractivity (Wildman–Crippen MR) is 143 cm³/mol. The van der Waals surface area contributed by atoms with E-state index >= 15 is 0 Å². The number of amides is 1. The number of carbonyl (C=O) groups excluding carboxylic acids is 1. The first-order valence-corrected chi connectivity index (χ1v) is 13.0. The Kier molecular flexibility index (Phi) is 6.94. The van der Waals surface area contributed by atoms with Gasteiger partial charge in [0.2, 0.25) is 5.91 Å². The van der Waals surface area contributed by atoms with Crippen LogP contribution in [-0.2, 0) is 4.79 Å². The summed E-state index contributed by atoms with van der Waals surface area (Å²) in [5, 5.41) is 8.50. The molecule has 1 aromatic carbocycles. The van der Waals surface area contributed by atoms with Gasteiger partial charge in [0, 0.05) is 59.0 Å². The average molecular weight is 524 g/mol. The Morgan fingerprint density at radius 1 is 1.27 bits per heavy atom. The largest absolute Gasteiger partial charge is 0.496 e. The Hall–Kier alpha value is -3.39. The standard InChI is InChI=1S/C28H31ClFN5O2/c1-15(25-24(37-4)10-9-23(30)26(25)29)21-13-33-27-20(21)11-18(12-32-27)22-14-34-35(16(22)2)19-7-5-17(6-8-19)28(36)31-3/h9-15,17,19H,5-8H2,1-4H3,(H,31,36)(H,32,33). The second-order valence-electron chi connectivity index (χ2n) is 9.77. The fourth-order valence-electron chi connectivity index (χ4n) is 5.68. The Labute approximate surface area is 220 Å². The summed E-state index contributed by atoms with van der Waals surface area (Å²) in [6.45, 7) is 4.06. The smallest absolute Gasteiger partial charge is 0.222 e. The maximum absolute atomic E-state index is 14.3. The lowest BCUT2D eigenvalue weighted by Crippen LogP contribution is -2.31. The van der Waals surface area contributed by atoms with Crippen LogP contribution in [-0.4, -0.2) is 39.8 Å². The first kappa shape index (κ1) is 25.3. The van der Waals surface area contributed by atoms with Gasteiger partial charge in [-0.25, -0.2) is 9.37 Å². The third-order valence-electron chi connectivity index (χ3n) is 7.79. The highest BCUT2D eigenvalue weighted by atomic mass is 35.5.